The molecule has 0 aliphatic carbocycles. The number of nitrogens with zero attached hydrogens (tertiary/aromatic N) is 2. The highest BCUT2D eigenvalue weighted by Gasteiger charge is 2.18. The first-order valence-electron chi connectivity index (χ1n) is 12.8. The minimum atomic E-state index is -0.560. The second-order valence-corrected chi connectivity index (χ2v) is 8.74. The highest BCUT2D eigenvalue weighted by molar-refractivity contribution is 5.78. The van der Waals surface area contributed by atoms with Gasteiger partial charge in [-0.25, -0.2) is 4.79 Å². The minimum absolute atomic E-state index is 0.0511. The van der Waals surface area contributed by atoms with Crippen molar-refractivity contribution in [3.05, 3.63) is 106 Å². The third-order valence-corrected chi connectivity index (χ3v) is 5.78. The third-order valence-electron chi connectivity index (χ3n) is 5.78. The van der Waals surface area contributed by atoms with Gasteiger partial charge in [0, 0.05) is 18.3 Å². The summed E-state index contributed by atoms with van der Waals surface area (Å²) in [6.45, 7) is 6.27. The van der Waals surface area contributed by atoms with Gasteiger partial charge in [-0.1, -0.05) is 66.7 Å². The molecule has 3 N–H and O–H groups in total. The number of hydrogen-bond acceptors (Lipinski definition) is 5. The summed E-state index contributed by atoms with van der Waals surface area (Å²) in [5.74, 6) is 0.163. The Morgan fingerprint density at radius 2 is 1.63 bits per heavy atom. The number of nitrogens with one attached hydrogen (secondary N) is 1. The lowest BCUT2D eigenvalue weighted by Gasteiger charge is -2.21. The lowest BCUT2D eigenvalue weighted by atomic mass is 9.98. The standard InChI is InChI=1S/C19H17NO.C11H21N3O3/c1-15-9-8-14-20(19(15)21)18(16-10-4-2-5-11-16)17-12-6-3-7-13-17;1-3-17-11(16)10(14-8-15)6-4-5-7-13-9(2)12/h2-14,18H,1H3;8,10H,3-7H2,1-2H3,(H2,12,13)(H,14,15). The van der Waals surface area contributed by atoms with E-state index in [-0.39, 0.29) is 11.6 Å². The Morgan fingerprint density at radius 1 is 1.03 bits per heavy atom. The molecule has 0 bridgehead atoms. The number of unbranched alkanes of at least 4 members (excludes halogenated alkanes) is 1. The van der Waals surface area contributed by atoms with Crippen LogP contribution in [-0.4, -0.2) is 42.0 Å². The highest BCUT2D eigenvalue weighted by atomic mass is 16.5. The number of amides is 1. The smallest absolute Gasteiger partial charge is 0.328 e. The maximum atomic E-state index is 12.5. The summed E-state index contributed by atoms with van der Waals surface area (Å²) < 4.78 is 6.65. The van der Waals surface area contributed by atoms with Crippen LogP contribution in [-0.2, 0) is 14.3 Å². The summed E-state index contributed by atoms with van der Waals surface area (Å²) >= 11 is 0. The fourth-order valence-electron chi connectivity index (χ4n) is 3.92. The van der Waals surface area contributed by atoms with E-state index in [1.54, 1.807) is 18.4 Å². The summed E-state index contributed by atoms with van der Waals surface area (Å²) in [6, 6.07) is 23.4. The Kier molecular flexibility index (Phi) is 13.1. The van der Waals surface area contributed by atoms with Gasteiger partial charge in [-0.2, -0.15) is 0 Å². The number of carbonyl (C=O) groups is 2. The number of benzene rings is 2. The molecule has 1 atom stereocenters. The van der Waals surface area contributed by atoms with Crippen LogP contribution >= 0.6 is 0 Å². The molecule has 0 aliphatic rings. The van der Waals surface area contributed by atoms with E-state index in [4.69, 9.17) is 10.5 Å². The number of hydrogen-bond donors (Lipinski definition) is 2. The number of aliphatic imine (C=N–C) groups is 1. The van der Waals surface area contributed by atoms with Crippen molar-refractivity contribution in [2.75, 3.05) is 13.2 Å². The molecule has 3 rings (SSSR count). The number of amidine groups is 1. The zero-order valence-electron chi connectivity index (χ0n) is 22.4. The molecular formula is C30H38N4O4. The summed E-state index contributed by atoms with van der Waals surface area (Å²) in [4.78, 5) is 38.3. The average molecular weight is 519 g/mol. The van der Waals surface area contributed by atoms with Gasteiger partial charge >= 0.3 is 5.97 Å². The number of esters is 1. The van der Waals surface area contributed by atoms with Gasteiger partial charge < -0.3 is 20.4 Å². The van der Waals surface area contributed by atoms with Crippen molar-refractivity contribution in [3.8, 4) is 0 Å². The van der Waals surface area contributed by atoms with Crippen LogP contribution in [0.1, 0.15) is 55.8 Å². The Hall–Kier alpha value is -4.20. The predicted molar refractivity (Wildman–Crippen MR) is 151 cm³/mol. The van der Waals surface area contributed by atoms with Crippen molar-refractivity contribution in [2.24, 2.45) is 10.7 Å². The van der Waals surface area contributed by atoms with Gasteiger partial charge in [0.25, 0.3) is 5.56 Å². The van der Waals surface area contributed by atoms with Gasteiger partial charge in [-0.3, -0.25) is 14.6 Å². The first kappa shape index (κ1) is 30.0. The van der Waals surface area contributed by atoms with Crippen LogP contribution in [0.3, 0.4) is 0 Å². The highest BCUT2D eigenvalue weighted by Crippen LogP contribution is 2.25. The molecule has 0 aliphatic heterocycles. The zero-order chi connectivity index (χ0) is 27.8. The molecule has 1 heterocycles. The first-order chi connectivity index (χ1) is 18.4. The van der Waals surface area contributed by atoms with Gasteiger partial charge in [0.2, 0.25) is 6.41 Å². The largest absolute Gasteiger partial charge is 0.464 e. The maximum absolute atomic E-state index is 12.5. The fourth-order valence-corrected chi connectivity index (χ4v) is 3.92. The second kappa shape index (κ2) is 16.5. The molecule has 8 nitrogen and oxygen atoms in total. The van der Waals surface area contributed by atoms with Crippen LogP contribution in [0.2, 0.25) is 0 Å². The van der Waals surface area contributed by atoms with E-state index in [1.807, 2.05) is 61.7 Å². The quantitative estimate of drug-likeness (QED) is 0.124. The molecule has 8 heteroatoms. The van der Waals surface area contributed by atoms with Gasteiger partial charge in [-0.05, 0) is 57.2 Å². The number of carbonyl (C=O) groups excluding carboxylic acids is 2. The molecular weight excluding hydrogens is 480 g/mol. The first-order valence-corrected chi connectivity index (χ1v) is 12.8. The van der Waals surface area contributed by atoms with E-state index in [0.717, 1.165) is 29.5 Å². The molecule has 0 spiro atoms. The molecule has 1 amide bonds. The summed E-state index contributed by atoms with van der Waals surface area (Å²) in [5.41, 5.74) is 8.41. The van der Waals surface area contributed by atoms with Gasteiger partial charge in [0.15, 0.2) is 0 Å². The lowest BCUT2D eigenvalue weighted by Crippen LogP contribution is -2.37. The molecule has 1 unspecified atom stereocenters. The van der Waals surface area contributed by atoms with E-state index in [0.29, 0.717) is 31.8 Å². The minimum Gasteiger partial charge on any atom is -0.464 e. The number of nitrogens with two attached hydrogens (primary N) is 1. The molecule has 3 aromatic rings. The normalized spacial score (nSPS) is 11.7. The molecule has 2 aromatic carbocycles. The number of ether oxygens (including phenoxy) is 1. The van der Waals surface area contributed by atoms with Crippen LogP contribution in [0.25, 0.3) is 0 Å². The van der Waals surface area contributed by atoms with Gasteiger partial charge in [-0.15, -0.1) is 0 Å². The van der Waals surface area contributed by atoms with Gasteiger partial charge in [0.1, 0.15) is 6.04 Å². The molecule has 202 valence electrons. The molecule has 0 radical (unpaired) electrons. The second-order valence-electron chi connectivity index (χ2n) is 8.74. The van der Waals surface area contributed by atoms with Crippen molar-refractivity contribution < 1.29 is 14.3 Å². The van der Waals surface area contributed by atoms with Crippen LogP contribution in [0.15, 0.2) is 88.8 Å². The molecule has 1 aromatic heterocycles. The molecule has 0 saturated heterocycles. The number of aromatic nitrogens is 1. The fraction of sp³-hybridized carbons (Fsp3) is 0.333. The predicted octanol–water partition coefficient (Wildman–Crippen LogP) is 4.01. The van der Waals surface area contributed by atoms with E-state index in [9.17, 15) is 14.4 Å². The Labute approximate surface area is 224 Å². The maximum Gasteiger partial charge on any atom is 0.328 e. The summed E-state index contributed by atoms with van der Waals surface area (Å²) in [6.07, 6.45) is 4.53. The Balaban J connectivity index is 0.000000275. The van der Waals surface area contributed by atoms with E-state index in [1.165, 1.54) is 0 Å². The Bertz CT molecular complexity index is 1170. The zero-order valence-corrected chi connectivity index (χ0v) is 22.4. The van der Waals surface area contributed by atoms with Crippen LogP contribution < -0.4 is 16.6 Å². The topological polar surface area (TPSA) is 116 Å². The van der Waals surface area contributed by atoms with Crippen LogP contribution in [0.4, 0.5) is 0 Å². The SMILES string of the molecule is CCOC(=O)C(CCCCN=C(C)N)NC=O.Cc1cccn(C(c2ccccc2)c2ccccc2)c1=O. The van der Waals surface area contributed by atoms with E-state index >= 15 is 0 Å². The van der Waals surface area contributed by atoms with Crippen molar-refractivity contribution in [2.45, 2.75) is 52.1 Å². The molecule has 0 fully saturated rings. The monoisotopic (exact) mass is 518 g/mol. The third kappa shape index (κ3) is 9.69. The van der Waals surface area contributed by atoms with Crippen molar-refractivity contribution in [1.82, 2.24) is 9.88 Å². The van der Waals surface area contributed by atoms with Crippen molar-refractivity contribution in [3.63, 3.8) is 0 Å². The number of rotatable bonds is 12. The number of pyridine rings is 1. The number of aryl methyl sites for hydroxylation is 1. The van der Waals surface area contributed by atoms with Crippen molar-refractivity contribution in [1.29, 1.82) is 0 Å². The summed E-state index contributed by atoms with van der Waals surface area (Å²) in [5, 5.41) is 2.45. The summed E-state index contributed by atoms with van der Waals surface area (Å²) in [7, 11) is 0. The van der Waals surface area contributed by atoms with E-state index < -0.39 is 12.0 Å². The van der Waals surface area contributed by atoms with Crippen molar-refractivity contribution >= 4 is 18.2 Å². The van der Waals surface area contributed by atoms with Gasteiger partial charge in [0.05, 0.1) is 18.5 Å². The van der Waals surface area contributed by atoms with Crippen LogP contribution in [0.5, 0.6) is 0 Å². The Morgan fingerprint density at radius 3 is 2.16 bits per heavy atom. The molecule has 0 saturated carbocycles. The van der Waals surface area contributed by atoms with E-state index in [2.05, 4.69) is 34.6 Å². The van der Waals surface area contributed by atoms with Crippen LogP contribution in [0, 0.1) is 6.92 Å². The average Bonchev–Trinajstić information content (AvgIpc) is 2.92. The molecule has 38 heavy (non-hydrogen) atoms. The lowest BCUT2D eigenvalue weighted by molar-refractivity contribution is -0.146.